The molecule has 4 aromatic heterocycles. The van der Waals surface area contributed by atoms with Crippen LogP contribution in [0.15, 0.2) is 154 Å². The normalized spacial score (nSPS) is 12.1. The lowest BCUT2D eigenvalue weighted by atomic mass is 10.1. The molecule has 230 valence electrons. The molecule has 11 rings (SSSR count). The minimum Gasteiger partial charge on any atom is -0.456 e. The zero-order valence-electron chi connectivity index (χ0n) is 25.9. The summed E-state index contributed by atoms with van der Waals surface area (Å²) in [5.41, 5.74) is 7.43. The molecule has 0 amide bonds. The van der Waals surface area contributed by atoms with E-state index in [1.807, 2.05) is 53.8 Å². The first-order valence-corrected chi connectivity index (χ1v) is 17.8. The van der Waals surface area contributed by atoms with Gasteiger partial charge in [0.1, 0.15) is 16.7 Å². The van der Waals surface area contributed by atoms with Crippen LogP contribution in [0.2, 0.25) is 0 Å². The first-order valence-electron chi connectivity index (χ1n) is 16.2. The van der Waals surface area contributed by atoms with Gasteiger partial charge >= 0.3 is 0 Å². The maximum Gasteiger partial charge on any atom is 0.227 e. The molecule has 0 unspecified atom stereocenters. The highest BCUT2D eigenvalue weighted by molar-refractivity contribution is 7.26. The van der Waals surface area contributed by atoms with Gasteiger partial charge in [-0.15, -0.1) is 22.7 Å². The summed E-state index contributed by atoms with van der Waals surface area (Å²) in [7, 11) is 0. The summed E-state index contributed by atoms with van der Waals surface area (Å²) >= 11 is 3.63. The highest BCUT2D eigenvalue weighted by Gasteiger charge is 2.24. The summed E-state index contributed by atoms with van der Waals surface area (Å²) in [6, 6.07) is 51.2. The van der Waals surface area contributed by atoms with Gasteiger partial charge in [0.25, 0.3) is 0 Å². The van der Waals surface area contributed by atoms with Crippen LogP contribution in [-0.4, -0.2) is 4.98 Å². The van der Waals surface area contributed by atoms with Crippen molar-refractivity contribution in [2.75, 3.05) is 4.90 Å². The Morgan fingerprint density at radius 1 is 0.469 bits per heavy atom. The van der Waals surface area contributed by atoms with Gasteiger partial charge in [-0.1, -0.05) is 78.9 Å². The molecule has 4 heterocycles. The monoisotopic (exact) mass is 664 g/mol. The largest absolute Gasteiger partial charge is 0.456 e. The molecule has 11 aromatic rings. The van der Waals surface area contributed by atoms with Crippen molar-refractivity contribution in [3.05, 3.63) is 146 Å². The van der Waals surface area contributed by atoms with Gasteiger partial charge < -0.3 is 13.7 Å². The van der Waals surface area contributed by atoms with Crippen LogP contribution in [0.25, 0.3) is 84.8 Å². The lowest BCUT2D eigenvalue weighted by molar-refractivity contribution is 0.620. The first-order chi connectivity index (χ1) is 24.3. The second-order valence-corrected chi connectivity index (χ2v) is 14.5. The average Bonchev–Trinajstić information content (AvgIpc) is 3.93. The maximum atomic E-state index is 6.61. The molecule has 0 radical (unpaired) electrons. The third-order valence-electron chi connectivity index (χ3n) is 9.49. The van der Waals surface area contributed by atoms with Crippen molar-refractivity contribution in [1.82, 2.24) is 4.98 Å². The topological polar surface area (TPSA) is 42.4 Å². The van der Waals surface area contributed by atoms with E-state index in [1.165, 1.54) is 30.3 Å². The van der Waals surface area contributed by atoms with Crippen LogP contribution in [0.4, 0.5) is 17.1 Å². The minimum atomic E-state index is 0.617. The second kappa shape index (κ2) is 10.3. The Hall–Kier alpha value is -5.95. The lowest BCUT2D eigenvalue weighted by Gasteiger charge is -2.26. The van der Waals surface area contributed by atoms with E-state index in [4.69, 9.17) is 13.8 Å². The van der Waals surface area contributed by atoms with E-state index in [0.29, 0.717) is 5.89 Å². The van der Waals surface area contributed by atoms with E-state index in [-0.39, 0.29) is 0 Å². The molecule has 6 heteroatoms. The van der Waals surface area contributed by atoms with Crippen LogP contribution >= 0.6 is 22.7 Å². The number of thiophene rings is 2. The Bertz CT molecular complexity index is 2960. The number of hydrogen-bond donors (Lipinski definition) is 0. The van der Waals surface area contributed by atoms with Crippen molar-refractivity contribution in [3.63, 3.8) is 0 Å². The zero-order valence-corrected chi connectivity index (χ0v) is 27.5. The van der Waals surface area contributed by atoms with E-state index in [0.717, 1.165) is 65.7 Å². The number of anilines is 3. The Balaban J connectivity index is 1.23. The Morgan fingerprint density at radius 2 is 1.12 bits per heavy atom. The molecule has 7 aromatic carbocycles. The van der Waals surface area contributed by atoms with Gasteiger partial charge in [-0.05, 0) is 54.6 Å². The fourth-order valence-corrected chi connectivity index (χ4v) is 9.61. The number of benzene rings is 7. The number of fused-ring (bicyclic) bond motifs is 11. The predicted molar refractivity (Wildman–Crippen MR) is 207 cm³/mol. The Morgan fingerprint density at radius 3 is 1.98 bits per heavy atom. The number of oxazole rings is 1. The van der Waals surface area contributed by atoms with Gasteiger partial charge in [-0.2, -0.15) is 0 Å². The van der Waals surface area contributed by atoms with E-state index in [1.54, 1.807) is 11.3 Å². The number of aromatic nitrogens is 1. The van der Waals surface area contributed by atoms with Gasteiger partial charge in [0.15, 0.2) is 5.58 Å². The van der Waals surface area contributed by atoms with Gasteiger partial charge in [-0.25, -0.2) is 4.98 Å². The number of nitrogens with zero attached hydrogens (tertiary/aromatic N) is 2. The highest BCUT2D eigenvalue weighted by Crippen LogP contribution is 2.50. The number of hydrogen-bond acceptors (Lipinski definition) is 6. The smallest absolute Gasteiger partial charge is 0.227 e. The highest BCUT2D eigenvalue weighted by atomic mass is 32.1. The van der Waals surface area contributed by atoms with Crippen LogP contribution in [-0.2, 0) is 0 Å². The molecule has 49 heavy (non-hydrogen) atoms. The maximum absolute atomic E-state index is 6.61. The third-order valence-corrected chi connectivity index (χ3v) is 11.8. The molecule has 0 saturated heterocycles. The summed E-state index contributed by atoms with van der Waals surface area (Å²) < 4.78 is 17.9. The van der Waals surface area contributed by atoms with Gasteiger partial charge in [0.2, 0.25) is 5.89 Å². The fourth-order valence-electron chi connectivity index (χ4n) is 7.26. The molecule has 0 aliphatic rings. The zero-order chi connectivity index (χ0) is 32.1. The van der Waals surface area contributed by atoms with E-state index >= 15 is 0 Å². The van der Waals surface area contributed by atoms with Gasteiger partial charge in [0.05, 0.1) is 10.4 Å². The molecule has 0 aliphatic carbocycles. The first kappa shape index (κ1) is 27.0. The standard InChI is InChI=1S/C43H24N2O2S2/c1-2-10-25(11-3-1)43-44-41-36(47-43)24-33(42-40(41)32-14-6-9-17-38(32)49-42)45(26-18-20-29-28-12-4-7-15-34(28)46-35(29)22-26)27-19-21-31-30-13-5-8-16-37(30)48-39(31)23-27/h1-24H. The van der Waals surface area contributed by atoms with Crippen LogP contribution in [0.3, 0.4) is 0 Å². The summed E-state index contributed by atoms with van der Waals surface area (Å²) in [5, 5.41) is 7.05. The number of rotatable bonds is 4. The molecule has 0 fully saturated rings. The molecule has 0 spiro atoms. The van der Waals surface area contributed by atoms with E-state index in [2.05, 4.69) is 108 Å². The summed E-state index contributed by atoms with van der Waals surface area (Å²) in [4.78, 5) is 7.48. The van der Waals surface area contributed by atoms with Gasteiger partial charge in [-0.3, -0.25) is 0 Å². The minimum absolute atomic E-state index is 0.617. The van der Waals surface area contributed by atoms with Crippen molar-refractivity contribution in [1.29, 1.82) is 0 Å². The van der Waals surface area contributed by atoms with Crippen molar-refractivity contribution < 1.29 is 8.83 Å². The fraction of sp³-hybridized carbons (Fsp3) is 0. The van der Waals surface area contributed by atoms with Crippen molar-refractivity contribution in [3.8, 4) is 11.5 Å². The predicted octanol–water partition coefficient (Wildman–Crippen LogP) is 13.6. The van der Waals surface area contributed by atoms with Crippen LogP contribution in [0, 0.1) is 0 Å². The number of para-hydroxylation sites is 1. The SMILES string of the molecule is c1ccc(-c2nc3c(cc(N(c4ccc5c(c4)oc4ccccc45)c4ccc5c(c4)sc4ccccc45)c4sc5ccccc5c43)o2)cc1. The molecular formula is C43H24N2O2S2. The summed E-state index contributed by atoms with van der Waals surface area (Å²) in [5.74, 6) is 0.617. The molecule has 0 atom stereocenters. The third kappa shape index (κ3) is 4.05. The molecule has 0 aliphatic heterocycles. The van der Waals surface area contributed by atoms with E-state index in [9.17, 15) is 0 Å². The van der Waals surface area contributed by atoms with Crippen molar-refractivity contribution >= 4 is 113 Å². The molecule has 0 saturated carbocycles. The average molecular weight is 665 g/mol. The van der Waals surface area contributed by atoms with Crippen LogP contribution in [0.1, 0.15) is 0 Å². The quantitative estimate of drug-likeness (QED) is 0.188. The summed E-state index contributed by atoms with van der Waals surface area (Å²) in [6.45, 7) is 0. The number of furan rings is 1. The molecule has 4 nitrogen and oxygen atoms in total. The second-order valence-electron chi connectivity index (χ2n) is 12.3. The Kier molecular flexibility index (Phi) is 5.67. The Labute approximate surface area is 287 Å². The van der Waals surface area contributed by atoms with Gasteiger partial charge in [0, 0.05) is 75.5 Å². The van der Waals surface area contributed by atoms with Crippen LogP contribution < -0.4 is 4.90 Å². The molecular weight excluding hydrogens is 641 g/mol. The summed E-state index contributed by atoms with van der Waals surface area (Å²) in [6.07, 6.45) is 0. The molecule has 0 N–H and O–H groups in total. The lowest BCUT2D eigenvalue weighted by Crippen LogP contribution is -2.10. The van der Waals surface area contributed by atoms with Crippen molar-refractivity contribution in [2.24, 2.45) is 0 Å². The van der Waals surface area contributed by atoms with E-state index < -0.39 is 0 Å². The molecule has 0 bridgehead atoms. The van der Waals surface area contributed by atoms with Crippen LogP contribution in [0.5, 0.6) is 0 Å². The van der Waals surface area contributed by atoms with Crippen molar-refractivity contribution in [2.45, 2.75) is 0 Å².